The third kappa shape index (κ3) is 6.35. The van der Waals surface area contributed by atoms with Crippen LogP contribution in [0, 0.1) is 0 Å². The Morgan fingerprint density at radius 1 is 0.257 bits per heavy atom. The first-order valence-corrected chi connectivity index (χ1v) is 25.4. The third-order valence-electron chi connectivity index (χ3n) is 15.5. The first-order chi connectivity index (χ1) is 34.0. The van der Waals surface area contributed by atoms with Gasteiger partial charge in [-0.3, -0.25) is 0 Å². The Hall–Kier alpha value is -7.82. The van der Waals surface area contributed by atoms with Crippen LogP contribution in [0.2, 0.25) is 0 Å². The molecule has 0 saturated heterocycles. The summed E-state index contributed by atoms with van der Waals surface area (Å²) in [6.45, 7) is 18.1. The molecule has 0 atom stereocenters. The summed E-state index contributed by atoms with van der Waals surface area (Å²) in [5.74, 6) is 1.85. The SMILES string of the molecule is CC(C)c1ccc(N(c2ccc(C(C)C)cc2)c2ccc3c4cccc5c6cc7c(cc6n(c3c2)c45)c2cccc3c4ccc(N(c5ccc(C(C)C)cc5)c5ccc(C(C)C)cc5)cc4n7c32)cc1. The van der Waals surface area contributed by atoms with E-state index in [1.807, 2.05) is 0 Å². The third-order valence-corrected chi connectivity index (χ3v) is 15.5. The van der Waals surface area contributed by atoms with Gasteiger partial charge in [0, 0.05) is 77.2 Å². The fraction of sp³-hybridized carbons (Fsp3) is 0.182. The predicted molar refractivity (Wildman–Crippen MR) is 301 cm³/mol. The Labute approximate surface area is 410 Å². The maximum absolute atomic E-state index is 2.55. The lowest BCUT2D eigenvalue weighted by atomic mass is 10.0. The van der Waals surface area contributed by atoms with E-state index in [1.165, 1.54) is 98.4 Å². The summed E-state index contributed by atoms with van der Waals surface area (Å²) in [7, 11) is 0. The fourth-order valence-corrected chi connectivity index (χ4v) is 11.6. The monoisotopic (exact) mass is 906 g/mol. The Kier molecular flexibility index (Phi) is 9.59. The molecule has 0 unspecified atom stereocenters. The Morgan fingerprint density at radius 3 is 0.800 bits per heavy atom. The van der Waals surface area contributed by atoms with Crippen LogP contribution in [-0.2, 0) is 0 Å². The molecule has 4 heterocycles. The molecule has 4 heteroatoms. The molecule has 0 saturated carbocycles. The van der Waals surface area contributed by atoms with Crippen molar-refractivity contribution in [3.05, 3.63) is 204 Å². The Bertz CT molecular complexity index is 3720. The fourth-order valence-electron chi connectivity index (χ4n) is 11.6. The van der Waals surface area contributed by atoms with E-state index in [2.05, 4.69) is 256 Å². The minimum atomic E-state index is 0.463. The highest BCUT2D eigenvalue weighted by Crippen LogP contribution is 2.47. The molecule has 0 bridgehead atoms. The van der Waals surface area contributed by atoms with Crippen LogP contribution in [0.4, 0.5) is 34.1 Å². The van der Waals surface area contributed by atoms with E-state index >= 15 is 0 Å². The van der Waals surface area contributed by atoms with Gasteiger partial charge in [0.2, 0.25) is 0 Å². The minimum Gasteiger partial charge on any atom is -0.310 e. The Balaban J connectivity index is 1.03. The maximum Gasteiger partial charge on any atom is 0.0620 e. The lowest BCUT2D eigenvalue weighted by Gasteiger charge is -2.26. The van der Waals surface area contributed by atoms with Crippen LogP contribution in [0.25, 0.3) is 76.2 Å². The summed E-state index contributed by atoms with van der Waals surface area (Å²) in [4.78, 5) is 4.85. The number of benzene rings is 9. The zero-order chi connectivity index (χ0) is 47.7. The second kappa shape index (κ2) is 15.9. The highest BCUT2D eigenvalue weighted by molar-refractivity contribution is 6.29. The predicted octanol–water partition coefficient (Wildman–Crippen LogP) is 19.4. The molecule has 342 valence electrons. The summed E-state index contributed by atoms with van der Waals surface area (Å²) >= 11 is 0. The van der Waals surface area contributed by atoms with Crippen molar-refractivity contribution in [3.8, 4) is 0 Å². The summed E-state index contributed by atoms with van der Waals surface area (Å²) in [6, 6.07) is 69.5. The van der Waals surface area contributed by atoms with Crippen LogP contribution in [0.1, 0.15) is 101 Å². The smallest absolute Gasteiger partial charge is 0.0620 e. The lowest BCUT2D eigenvalue weighted by Crippen LogP contribution is -2.10. The molecule has 0 spiro atoms. The van der Waals surface area contributed by atoms with Gasteiger partial charge in [0.15, 0.2) is 0 Å². The van der Waals surface area contributed by atoms with Gasteiger partial charge in [0.25, 0.3) is 0 Å². The standard InChI is InChI=1S/C66H58N4/c1-39(2)43-15-23-47(24-16-43)67(48-25-17-44(18-26-48)40(3)4)51-31-33-53-55-11-9-13-57-59-38-64-60(37-63(59)69(65(55)57)61(53)35-51)58-14-10-12-56-54-34-32-52(36-62(54)70(64)66(56)58)68(49-27-19-45(20-28-49)41(5)6)50-29-21-46(22-30-50)42(7)8/h9-42H,1-8H3. The van der Waals surface area contributed by atoms with Gasteiger partial charge in [-0.2, -0.15) is 0 Å². The number of hydrogen-bond donors (Lipinski definition) is 0. The van der Waals surface area contributed by atoms with Crippen molar-refractivity contribution in [1.82, 2.24) is 8.80 Å². The van der Waals surface area contributed by atoms with Crippen molar-refractivity contribution < 1.29 is 0 Å². The lowest BCUT2D eigenvalue weighted by molar-refractivity contribution is 0.866. The first-order valence-electron chi connectivity index (χ1n) is 25.4. The highest BCUT2D eigenvalue weighted by Gasteiger charge is 2.25. The molecule has 0 amide bonds. The Morgan fingerprint density at radius 2 is 0.514 bits per heavy atom. The average Bonchev–Trinajstić information content (AvgIpc) is 4.10. The first kappa shape index (κ1) is 42.3. The minimum absolute atomic E-state index is 0.463. The normalized spacial score (nSPS) is 12.5. The van der Waals surface area contributed by atoms with Gasteiger partial charge >= 0.3 is 0 Å². The van der Waals surface area contributed by atoms with Crippen molar-refractivity contribution in [2.75, 3.05) is 9.80 Å². The van der Waals surface area contributed by atoms with Crippen LogP contribution >= 0.6 is 0 Å². The number of hydrogen-bond acceptors (Lipinski definition) is 2. The van der Waals surface area contributed by atoms with Crippen molar-refractivity contribution in [3.63, 3.8) is 0 Å². The number of anilines is 6. The van der Waals surface area contributed by atoms with E-state index in [1.54, 1.807) is 0 Å². The second-order valence-corrected chi connectivity index (χ2v) is 21.0. The van der Waals surface area contributed by atoms with Gasteiger partial charge in [0.05, 0.1) is 33.1 Å². The van der Waals surface area contributed by atoms with Crippen LogP contribution in [0.15, 0.2) is 182 Å². The van der Waals surface area contributed by atoms with Crippen molar-refractivity contribution >= 4 is 110 Å². The maximum atomic E-state index is 2.55. The van der Waals surface area contributed by atoms with E-state index in [0.717, 1.165) is 34.1 Å². The van der Waals surface area contributed by atoms with Crippen molar-refractivity contribution in [2.24, 2.45) is 0 Å². The molecule has 0 N–H and O–H groups in total. The van der Waals surface area contributed by atoms with Crippen LogP contribution in [0.5, 0.6) is 0 Å². The quantitative estimate of drug-likeness (QED) is 0.136. The van der Waals surface area contributed by atoms with Gasteiger partial charge in [-0.15, -0.1) is 0 Å². The van der Waals surface area contributed by atoms with Gasteiger partial charge in [-0.25, -0.2) is 0 Å². The molecule has 4 nitrogen and oxygen atoms in total. The van der Waals surface area contributed by atoms with Gasteiger partial charge in [-0.1, -0.05) is 152 Å². The molecular weight excluding hydrogens is 849 g/mol. The van der Waals surface area contributed by atoms with E-state index in [-0.39, 0.29) is 0 Å². The number of aromatic nitrogens is 2. The van der Waals surface area contributed by atoms with E-state index in [0.29, 0.717) is 23.7 Å². The highest BCUT2D eigenvalue weighted by atomic mass is 15.1. The number of para-hydroxylation sites is 2. The van der Waals surface area contributed by atoms with E-state index in [4.69, 9.17) is 0 Å². The molecule has 0 aliphatic rings. The second-order valence-electron chi connectivity index (χ2n) is 21.0. The number of nitrogens with zero attached hydrogens (tertiary/aromatic N) is 4. The largest absolute Gasteiger partial charge is 0.310 e. The molecule has 70 heavy (non-hydrogen) atoms. The van der Waals surface area contributed by atoms with Crippen LogP contribution in [0.3, 0.4) is 0 Å². The summed E-state index contributed by atoms with van der Waals surface area (Å²) in [5, 5.41) is 10.2. The average molecular weight is 907 g/mol. The molecule has 9 aromatic carbocycles. The van der Waals surface area contributed by atoms with Gasteiger partial charge in [-0.05, 0) is 131 Å². The number of rotatable bonds is 10. The zero-order valence-corrected chi connectivity index (χ0v) is 41.4. The molecule has 4 aromatic heterocycles. The molecule has 0 aliphatic carbocycles. The topological polar surface area (TPSA) is 15.3 Å². The molecule has 0 fully saturated rings. The molecule has 13 aromatic rings. The molecule has 13 rings (SSSR count). The van der Waals surface area contributed by atoms with Crippen LogP contribution < -0.4 is 9.80 Å². The molecule has 0 aliphatic heterocycles. The van der Waals surface area contributed by atoms with E-state index < -0.39 is 0 Å². The molecule has 0 radical (unpaired) electrons. The summed E-state index contributed by atoms with van der Waals surface area (Å²) < 4.78 is 5.11. The number of fused-ring (bicyclic) bond motifs is 12. The summed E-state index contributed by atoms with van der Waals surface area (Å²) in [6.07, 6.45) is 0. The van der Waals surface area contributed by atoms with Gasteiger partial charge < -0.3 is 18.6 Å². The zero-order valence-electron chi connectivity index (χ0n) is 41.4. The summed E-state index contributed by atoms with van der Waals surface area (Å²) in [5.41, 5.74) is 19.7. The molecular formula is C66H58N4. The van der Waals surface area contributed by atoms with E-state index in [9.17, 15) is 0 Å². The van der Waals surface area contributed by atoms with Gasteiger partial charge in [0.1, 0.15) is 0 Å². The van der Waals surface area contributed by atoms with Crippen LogP contribution in [-0.4, -0.2) is 8.80 Å². The van der Waals surface area contributed by atoms with Crippen molar-refractivity contribution in [1.29, 1.82) is 0 Å². The van der Waals surface area contributed by atoms with Crippen molar-refractivity contribution in [2.45, 2.75) is 79.1 Å².